The van der Waals surface area contributed by atoms with Crippen LogP contribution in [0.3, 0.4) is 0 Å². The lowest BCUT2D eigenvalue weighted by Gasteiger charge is -2.56. The first-order valence-electron chi connectivity index (χ1n) is 12.1. The Morgan fingerprint density at radius 1 is 1.06 bits per heavy atom. The van der Waals surface area contributed by atoms with E-state index in [2.05, 4.69) is 15.7 Å². The monoisotopic (exact) mass is 449 g/mol. The highest BCUT2D eigenvalue weighted by Crippen LogP contribution is 2.60. The van der Waals surface area contributed by atoms with Crippen LogP contribution in [0.15, 0.2) is 29.6 Å². The number of hydrogen-bond acceptors (Lipinski definition) is 4. The Kier molecular flexibility index (Phi) is 4.90. The van der Waals surface area contributed by atoms with Crippen LogP contribution in [0, 0.1) is 30.1 Å². The van der Waals surface area contributed by atoms with Crippen LogP contribution < -0.4 is 5.32 Å². The summed E-state index contributed by atoms with van der Waals surface area (Å²) < 4.78 is 0. The van der Waals surface area contributed by atoms with E-state index in [9.17, 15) is 9.59 Å². The normalized spacial score (nSPS) is 33.0. The molecule has 2 amide bonds. The maximum Gasteiger partial charge on any atom is 0.247 e. The number of likely N-dealkylation sites (tertiary alicyclic amines) is 1. The second-order valence-corrected chi connectivity index (χ2v) is 11.7. The highest BCUT2D eigenvalue weighted by molar-refractivity contribution is 7.09. The average Bonchev–Trinajstić information content (AvgIpc) is 3.42. The van der Waals surface area contributed by atoms with Gasteiger partial charge in [-0.3, -0.25) is 9.59 Å². The molecule has 4 aliphatic carbocycles. The van der Waals surface area contributed by atoms with E-state index in [0.29, 0.717) is 0 Å². The van der Waals surface area contributed by atoms with E-state index in [0.717, 1.165) is 78.4 Å². The molecule has 2 heterocycles. The number of amides is 2. The van der Waals surface area contributed by atoms with Gasteiger partial charge in [0, 0.05) is 23.2 Å². The molecule has 1 aromatic heterocycles. The minimum absolute atomic E-state index is 0.0437. The molecule has 0 spiro atoms. The number of nitrogens with zero attached hydrogens (tertiary/aromatic N) is 2. The van der Waals surface area contributed by atoms with E-state index in [1.54, 1.807) is 11.3 Å². The second-order valence-electron chi connectivity index (χ2n) is 10.7. The molecule has 0 radical (unpaired) electrons. The van der Waals surface area contributed by atoms with Crippen molar-refractivity contribution in [3.8, 4) is 11.3 Å². The van der Waals surface area contributed by atoms with Crippen molar-refractivity contribution in [3.63, 3.8) is 0 Å². The lowest BCUT2D eigenvalue weighted by atomic mass is 9.49. The van der Waals surface area contributed by atoms with Gasteiger partial charge >= 0.3 is 0 Å². The molecule has 1 atom stereocenters. The Bertz CT molecular complexity index is 1010. The number of hydrogen-bond donors (Lipinski definition) is 1. The van der Waals surface area contributed by atoms with E-state index in [1.807, 2.05) is 36.1 Å². The number of benzene rings is 1. The van der Waals surface area contributed by atoms with Gasteiger partial charge in [0.1, 0.15) is 6.04 Å². The summed E-state index contributed by atoms with van der Waals surface area (Å²) in [5.41, 5.74) is 2.62. The zero-order chi connectivity index (χ0) is 21.9. The topological polar surface area (TPSA) is 62.3 Å². The fourth-order valence-electron chi connectivity index (χ4n) is 7.41. The Labute approximate surface area is 193 Å². The van der Waals surface area contributed by atoms with E-state index < -0.39 is 0 Å². The first kappa shape index (κ1) is 20.4. The van der Waals surface area contributed by atoms with Crippen LogP contribution in [0.4, 0.5) is 5.69 Å². The highest BCUT2D eigenvalue weighted by Gasteiger charge is 2.56. The first-order chi connectivity index (χ1) is 15.5. The highest BCUT2D eigenvalue weighted by atomic mass is 32.1. The van der Waals surface area contributed by atoms with Crippen molar-refractivity contribution in [1.82, 2.24) is 9.88 Å². The summed E-state index contributed by atoms with van der Waals surface area (Å²) in [6, 6.07) is 7.52. The molecule has 4 bridgehead atoms. The summed E-state index contributed by atoms with van der Waals surface area (Å²) in [5, 5.41) is 6.17. The van der Waals surface area contributed by atoms with Gasteiger partial charge < -0.3 is 10.2 Å². The van der Waals surface area contributed by atoms with Crippen LogP contribution in [0.1, 0.15) is 56.4 Å². The van der Waals surface area contributed by atoms with Crippen molar-refractivity contribution in [2.45, 2.75) is 64.3 Å². The largest absolute Gasteiger partial charge is 0.330 e. The number of aryl methyl sites for hydroxylation is 1. The van der Waals surface area contributed by atoms with Crippen LogP contribution in [0.2, 0.25) is 0 Å². The first-order valence-corrected chi connectivity index (χ1v) is 13.0. The van der Waals surface area contributed by atoms with Gasteiger partial charge in [-0.2, -0.15) is 0 Å². The van der Waals surface area contributed by atoms with E-state index >= 15 is 0 Å². The molecule has 6 heteroatoms. The molecule has 5 fully saturated rings. The average molecular weight is 450 g/mol. The molecule has 32 heavy (non-hydrogen) atoms. The van der Waals surface area contributed by atoms with E-state index in [1.165, 1.54) is 19.3 Å². The molecule has 5 aliphatic rings. The molecule has 1 saturated heterocycles. The number of carbonyl (C=O) groups is 2. The van der Waals surface area contributed by atoms with E-state index in [-0.39, 0.29) is 23.3 Å². The van der Waals surface area contributed by atoms with Gasteiger partial charge in [0.25, 0.3) is 0 Å². The van der Waals surface area contributed by atoms with Crippen molar-refractivity contribution in [2.75, 3.05) is 11.9 Å². The quantitative estimate of drug-likeness (QED) is 0.692. The predicted molar refractivity (Wildman–Crippen MR) is 126 cm³/mol. The van der Waals surface area contributed by atoms with Gasteiger partial charge in [-0.15, -0.1) is 11.3 Å². The Morgan fingerprint density at radius 2 is 1.72 bits per heavy atom. The van der Waals surface area contributed by atoms with Crippen LogP contribution in [-0.2, 0) is 9.59 Å². The lowest BCUT2D eigenvalue weighted by Crippen LogP contribution is -2.56. The second kappa shape index (κ2) is 7.68. The molecule has 5 nitrogen and oxygen atoms in total. The summed E-state index contributed by atoms with van der Waals surface area (Å²) in [6.45, 7) is 2.72. The molecular weight excluding hydrogens is 418 g/mol. The lowest BCUT2D eigenvalue weighted by molar-refractivity contribution is -0.160. The van der Waals surface area contributed by atoms with Crippen molar-refractivity contribution >= 4 is 28.8 Å². The van der Waals surface area contributed by atoms with Gasteiger partial charge in [0.05, 0.1) is 16.1 Å². The SMILES string of the molecule is Cc1nc(-c2ccc(NC(=O)C3CCCN3C(=O)C34CC5CC(CC(C5)C3)C4)cc2)cs1. The van der Waals surface area contributed by atoms with Crippen LogP contribution >= 0.6 is 11.3 Å². The number of thiazole rings is 1. The maximum atomic E-state index is 13.8. The Morgan fingerprint density at radius 3 is 2.31 bits per heavy atom. The summed E-state index contributed by atoms with van der Waals surface area (Å²) in [4.78, 5) is 33.5. The third-order valence-electron chi connectivity index (χ3n) is 8.38. The zero-order valence-electron chi connectivity index (χ0n) is 18.7. The Hall–Kier alpha value is -2.21. The van der Waals surface area contributed by atoms with Gasteiger partial charge in [-0.25, -0.2) is 4.98 Å². The van der Waals surface area contributed by atoms with Crippen molar-refractivity contribution in [2.24, 2.45) is 23.2 Å². The summed E-state index contributed by atoms with van der Waals surface area (Å²) in [6.07, 6.45) is 8.83. The van der Waals surface area contributed by atoms with Crippen molar-refractivity contribution in [3.05, 3.63) is 34.7 Å². The molecule has 1 N–H and O–H groups in total. The summed E-state index contributed by atoms with van der Waals surface area (Å²) in [7, 11) is 0. The van der Waals surface area contributed by atoms with Crippen LogP contribution in [0.25, 0.3) is 11.3 Å². The number of aromatic nitrogens is 1. The number of anilines is 1. The van der Waals surface area contributed by atoms with Crippen LogP contribution in [0.5, 0.6) is 0 Å². The fraction of sp³-hybridized carbons (Fsp3) is 0.577. The third kappa shape index (κ3) is 3.47. The Balaban J connectivity index is 1.15. The molecule has 1 unspecified atom stereocenters. The maximum absolute atomic E-state index is 13.8. The summed E-state index contributed by atoms with van der Waals surface area (Å²) >= 11 is 1.64. The van der Waals surface area contributed by atoms with E-state index in [4.69, 9.17) is 0 Å². The number of rotatable bonds is 4. The van der Waals surface area contributed by atoms with Gasteiger partial charge in [-0.05, 0) is 88.2 Å². The van der Waals surface area contributed by atoms with Crippen LogP contribution in [-0.4, -0.2) is 34.3 Å². The van der Waals surface area contributed by atoms with Gasteiger partial charge in [-0.1, -0.05) is 12.1 Å². The smallest absolute Gasteiger partial charge is 0.247 e. The summed E-state index contributed by atoms with van der Waals surface area (Å²) in [5.74, 6) is 2.45. The standard InChI is InChI=1S/C26H31N3O2S/c1-16-27-22(15-32-16)20-4-6-21(7-5-20)28-24(30)23-3-2-8-29(23)25(31)26-12-17-9-18(13-26)11-19(10-17)14-26/h4-7,15,17-19,23H,2-3,8-14H2,1H3,(H,28,30). The molecule has 2 aromatic rings. The minimum Gasteiger partial charge on any atom is -0.330 e. The fourth-order valence-corrected chi connectivity index (χ4v) is 8.03. The molecule has 1 aliphatic heterocycles. The number of nitrogens with one attached hydrogen (secondary N) is 1. The molecule has 7 rings (SSSR count). The minimum atomic E-state index is -0.337. The van der Waals surface area contributed by atoms with Gasteiger partial charge in [0.15, 0.2) is 0 Å². The molecule has 4 saturated carbocycles. The van der Waals surface area contributed by atoms with Crippen molar-refractivity contribution < 1.29 is 9.59 Å². The molecule has 1 aromatic carbocycles. The predicted octanol–water partition coefficient (Wildman–Crippen LogP) is 5.26. The zero-order valence-corrected chi connectivity index (χ0v) is 19.5. The molecule has 168 valence electrons. The third-order valence-corrected chi connectivity index (χ3v) is 9.15. The molecular formula is C26H31N3O2S. The van der Waals surface area contributed by atoms with Crippen molar-refractivity contribution in [1.29, 1.82) is 0 Å². The number of carbonyl (C=O) groups excluding carboxylic acids is 2. The van der Waals surface area contributed by atoms with Gasteiger partial charge in [0.2, 0.25) is 11.8 Å².